The van der Waals surface area contributed by atoms with Crippen LogP contribution >= 0.6 is 11.3 Å². The molecule has 0 saturated carbocycles. The fourth-order valence-electron chi connectivity index (χ4n) is 1.80. The number of aryl methyl sites for hydroxylation is 2. The first-order valence-electron chi connectivity index (χ1n) is 6.13. The molecule has 6 nitrogen and oxygen atoms in total. The second-order valence-corrected chi connectivity index (χ2v) is 7.23. The summed E-state index contributed by atoms with van der Waals surface area (Å²) in [5.41, 5.74) is 1.82. The first kappa shape index (κ1) is 15.2. The summed E-state index contributed by atoms with van der Waals surface area (Å²) in [7, 11) is 0.152. The normalized spacial score (nSPS) is 11.9. The molecule has 0 fully saturated rings. The Morgan fingerprint density at radius 1 is 1.40 bits per heavy atom. The molecule has 0 unspecified atom stereocenters. The predicted molar refractivity (Wildman–Crippen MR) is 79.1 cm³/mol. The smallest absolute Gasteiger partial charge is 0.242 e. The van der Waals surface area contributed by atoms with Crippen molar-refractivity contribution in [3.05, 3.63) is 34.0 Å². The molecule has 0 radical (unpaired) electrons. The van der Waals surface area contributed by atoms with Gasteiger partial charge in [0, 0.05) is 36.6 Å². The molecule has 0 aliphatic rings. The summed E-state index contributed by atoms with van der Waals surface area (Å²) in [5, 5.41) is 5.67. The highest BCUT2D eigenvalue weighted by Gasteiger charge is 2.17. The van der Waals surface area contributed by atoms with Gasteiger partial charge in [0.05, 0.1) is 11.4 Å². The topological polar surface area (TPSA) is 76.0 Å². The first-order valence-corrected chi connectivity index (χ1v) is 8.49. The fraction of sp³-hybridized carbons (Fsp3) is 0.417. The molecule has 2 heterocycles. The van der Waals surface area contributed by atoms with Crippen LogP contribution < -0.4 is 10.0 Å². The highest BCUT2D eigenvalue weighted by molar-refractivity contribution is 7.89. The molecule has 110 valence electrons. The summed E-state index contributed by atoms with van der Waals surface area (Å²) in [6.45, 7) is 2.73. The predicted octanol–water partition coefficient (Wildman–Crippen LogP) is 0.988. The maximum absolute atomic E-state index is 12.2. The van der Waals surface area contributed by atoms with E-state index in [-0.39, 0.29) is 11.4 Å². The van der Waals surface area contributed by atoms with Gasteiger partial charge in [-0.25, -0.2) is 18.1 Å². The summed E-state index contributed by atoms with van der Waals surface area (Å²) in [6.07, 6.45) is 1.61. The van der Waals surface area contributed by atoms with E-state index in [0.717, 1.165) is 16.4 Å². The van der Waals surface area contributed by atoms with Crippen molar-refractivity contribution >= 4 is 21.4 Å². The van der Waals surface area contributed by atoms with Crippen LogP contribution in [-0.2, 0) is 30.2 Å². The summed E-state index contributed by atoms with van der Waals surface area (Å²) in [6, 6.07) is 1.67. The third-order valence-corrected chi connectivity index (χ3v) is 5.17. The van der Waals surface area contributed by atoms with Gasteiger partial charge in [-0.2, -0.15) is 0 Å². The monoisotopic (exact) mass is 314 g/mol. The lowest BCUT2D eigenvalue weighted by Gasteiger charge is -2.02. The quantitative estimate of drug-likeness (QED) is 0.833. The van der Waals surface area contributed by atoms with Gasteiger partial charge in [-0.1, -0.05) is 0 Å². The second-order valence-electron chi connectivity index (χ2n) is 4.52. The highest BCUT2D eigenvalue weighted by Crippen LogP contribution is 2.15. The Morgan fingerprint density at radius 2 is 2.15 bits per heavy atom. The van der Waals surface area contributed by atoms with E-state index >= 15 is 0 Å². The van der Waals surface area contributed by atoms with Gasteiger partial charge in [-0.3, -0.25) is 0 Å². The maximum Gasteiger partial charge on any atom is 0.242 e. The number of nitrogens with one attached hydrogen (secondary N) is 2. The lowest BCUT2D eigenvalue weighted by Crippen LogP contribution is -2.22. The van der Waals surface area contributed by atoms with Crippen molar-refractivity contribution in [1.82, 2.24) is 19.6 Å². The summed E-state index contributed by atoms with van der Waals surface area (Å²) >= 11 is 1.45. The Balaban J connectivity index is 2.11. The molecule has 0 bridgehead atoms. The molecule has 8 heteroatoms. The van der Waals surface area contributed by atoms with Crippen LogP contribution in [0.5, 0.6) is 0 Å². The fourth-order valence-corrected chi connectivity index (χ4v) is 3.69. The number of aromatic nitrogens is 2. The van der Waals surface area contributed by atoms with Crippen molar-refractivity contribution in [2.75, 3.05) is 7.05 Å². The van der Waals surface area contributed by atoms with Gasteiger partial charge >= 0.3 is 0 Å². The molecule has 0 aliphatic carbocycles. The molecule has 0 spiro atoms. The van der Waals surface area contributed by atoms with Crippen LogP contribution in [0.1, 0.15) is 16.4 Å². The molecule has 2 rings (SSSR count). The van der Waals surface area contributed by atoms with Crippen LogP contribution in [-0.4, -0.2) is 25.0 Å². The van der Waals surface area contributed by atoms with E-state index in [4.69, 9.17) is 0 Å². The van der Waals surface area contributed by atoms with E-state index in [1.54, 1.807) is 16.8 Å². The Kier molecular flexibility index (Phi) is 4.59. The number of hydrogen-bond acceptors (Lipinski definition) is 5. The number of sulfonamides is 1. The van der Waals surface area contributed by atoms with Gasteiger partial charge in [0.15, 0.2) is 0 Å². The van der Waals surface area contributed by atoms with Gasteiger partial charge in [-0.05, 0) is 20.0 Å². The van der Waals surface area contributed by atoms with Crippen LogP contribution in [0.25, 0.3) is 0 Å². The van der Waals surface area contributed by atoms with Crippen LogP contribution in [0.4, 0.5) is 0 Å². The largest absolute Gasteiger partial charge is 0.352 e. The zero-order valence-corrected chi connectivity index (χ0v) is 13.3. The molecule has 2 aromatic rings. The van der Waals surface area contributed by atoms with E-state index in [2.05, 4.69) is 15.0 Å². The van der Waals surface area contributed by atoms with E-state index in [9.17, 15) is 8.42 Å². The Labute approximate surface area is 122 Å². The van der Waals surface area contributed by atoms with Crippen LogP contribution in [0.2, 0.25) is 0 Å². The Morgan fingerprint density at radius 3 is 2.75 bits per heavy atom. The number of thiazole rings is 1. The van der Waals surface area contributed by atoms with Crippen molar-refractivity contribution in [3.63, 3.8) is 0 Å². The average Bonchev–Trinajstić information content (AvgIpc) is 2.95. The molecular formula is C12H18N4O2S2. The van der Waals surface area contributed by atoms with Gasteiger partial charge in [0.1, 0.15) is 5.01 Å². The Hall–Kier alpha value is -1.22. The first-order chi connectivity index (χ1) is 9.42. The van der Waals surface area contributed by atoms with Crippen molar-refractivity contribution < 1.29 is 8.42 Å². The average molecular weight is 314 g/mol. The minimum Gasteiger partial charge on any atom is -0.352 e. The van der Waals surface area contributed by atoms with E-state index in [1.165, 1.54) is 11.3 Å². The third kappa shape index (κ3) is 3.45. The molecule has 0 aliphatic heterocycles. The number of rotatable bonds is 6. The molecule has 0 saturated heterocycles. The van der Waals surface area contributed by atoms with Crippen molar-refractivity contribution in [2.45, 2.75) is 24.9 Å². The lowest BCUT2D eigenvalue weighted by atomic mass is 10.4. The summed E-state index contributed by atoms with van der Waals surface area (Å²) < 4.78 is 28.8. The summed E-state index contributed by atoms with van der Waals surface area (Å²) in [4.78, 5) is 4.51. The van der Waals surface area contributed by atoms with Gasteiger partial charge in [0.25, 0.3) is 0 Å². The van der Waals surface area contributed by atoms with Gasteiger partial charge in [-0.15, -0.1) is 11.3 Å². The van der Waals surface area contributed by atoms with Gasteiger partial charge in [0.2, 0.25) is 10.0 Å². The van der Waals surface area contributed by atoms with Crippen molar-refractivity contribution in [3.8, 4) is 0 Å². The molecule has 0 atom stereocenters. The van der Waals surface area contributed by atoms with Crippen LogP contribution in [0.15, 0.2) is 22.5 Å². The number of nitrogens with zero attached hydrogens (tertiary/aromatic N) is 2. The summed E-state index contributed by atoms with van der Waals surface area (Å²) in [5.74, 6) is 0. The highest BCUT2D eigenvalue weighted by atomic mass is 32.2. The van der Waals surface area contributed by atoms with Crippen molar-refractivity contribution in [2.24, 2.45) is 7.05 Å². The minimum atomic E-state index is -3.50. The zero-order chi connectivity index (χ0) is 14.8. The molecule has 2 aromatic heterocycles. The third-order valence-electron chi connectivity index (χ3n) is 2.83. The van der Waals surface area contributed by atoms with Gasteiger partial charge < -0.3 is 9.88 Å². The minimum absolute atomic E-state index is 0.219. The Bertz CT molecular complexity index is 688. The second kappa shape index (κ2) is 6.04. The zero-order valence-electron chi connectivity index (χ0n) is 11.7. The van der Waals surface area contributed by atoms with Crippen molar-refractivity contribution in [1.29, 1.82) is 0 Å². The molecule has 0 amide bonds. The SMILES string of the molecule is CNCc1cc(S(=O)(=O)NCc2nc(C)cs2)cn1C. The van der Waals surface area contributed by atoms with E-state index in [1.807, 2.05) is 26.4 Å². The lowest BCUT2D eigenvalue weighted by molar-refractivity contribution is 0.581. The maximum atomic E-state index is 12.2. The van der Waals surface area contributed by atoms with E-state index < -0.39 is 10.0 Å². The molecule has 2 N–H and O–H groups in total. The standard InChI is InChI=1S/C12H18N4O2S2/c1-9-8-19-12(15-9)6-14-20(17,18)11-4-10(5-13-2)16(3)7-11/h4,7-8,13-14H,5-6H2,1-3H3. The van der Waals surface area contributed by atoms with Crippen LogP contribution in [0, 0.1) is 6.92 Å². The molecule has 20 heavy (non-hydrogen) atoms. The molecular weight excluding hydrogens is 296 g/mol. The van der Waals surface area contributed by atoms with Crippen LogP contribution in [0.3, 0.4) is 0 Å². The molecule has 0 aromatic carbocycles. The van der Waals surface area contributed by atoms with E-state index in [0.29, 0.717) is 6.54 Å². The number of hydrogen-bond donors (Lipinski definition) is 2.